The molecule has 2 rings (SSSR count). The van der Waals surface area contributed by atoms with Crippen molar-refractivity contribution in [3.8, 4) is 5.75 Å². The number of likely N-dealkylation sites (N-methyl/N-ethyl adjacent to an activating group) is 1. The van der Waals surface area contributed by atoms with Crippen LogP contribution in [0, 0.1) is 15.9 Å². The third-order valence-corrected chi connectivity index (χ3v) is 3.54. The van der Waals surface area contributed by atoms with E-state index in [2.05, 4.69) is 4.74 Å². The first-order chi connectivity index (χ1) is 11.9. The predicted molar refractivity (Wildman–Crippen MR) is 89.6 cm³/mol. The van der Waals surface area contributed by atoms with Crippen LogP contribution in [0.5, 0.6) is 5.75 Å². The molecule has 0 spiro atoms. The molecule has 0 aliphatic carbocycles. The summed E-state index contributed by atoms with van der Waals surface area (Å²) in [6, 6.07) is 10.2. The molecule has 0 fully saturated rings. The number of anilines is 1. The van der Waals surface area contributed by atoms with Crippen molar-refractivity contribution in [2.45, 2.75) is 0 Å². The van der Waals surface area contributed by atoms with Gasteiger partial charge in [0.1, 0.15) is 12.2 Å². The van der Waals surface area contributed by atoms with Gasteiger partial charge in [-0.05, 0) is 24.3 Å². The van der Waals surface area contributed by atoms with E-state index in [-0.39, 0.29) is 23.6 Å². The van der Waals surface area contributed by atoms with Crippen LogP contribution in [0.2, 0.25) is 0 Å². The molecular weight excluding hydrogens is 331 g/mol. The van der Waals surface area contributed by atoms with E-state index in [0.29, 0.717) is 12.2 Å². The highest BCUT2D eigenvalue weighted by atomic mass is 19.1. The van der Waals surface area contributed by atoms with E-state index < -0.39 is 16.7 Å². The van der Waals surface area contributed by atoms with Crippen LogP contribution in [0.1, 0.15) is 10.4 Å². The molecule has 0 heterocycles. The second-order valence-corrected chi connectivity index (χ2v) is 5.15. The molecule has 0 atom stereocenters. The van der Waals surface area contributed by atoms with E-state index in [4.69, 9.17) is 4.74 Å². The lowest BCUT2D eigenvalue weighted by Gasteiger charge is -2.20. The number of halogens is 1. The Morgan fingerprint density at radius 1 is 1.28 bits per heavy atom. The number of carbonyl (C=O) groups is 1. The van der Waals surface area contributed by atoms with Crippen LogP contribution in [0.3, 0.4) is 0 Å². The average molecular weight is 348 g/mol. The third-order valence-electron chi connectivity index (χ3n) is 3.54. The van der Waals surface area contributed by atoms with Gasteiger partial charge in [0, 0.05) is 18.8 Å². The lowest BCUT2D eigenvalue weighted by molar-refractivity contribution is -0.385. The average Bonchev–Trinajstić information content (AvgIpc) is 2.61. The lowest BCUT2D eigenvalue weighted by atomic mass is 10.1. The Bertz CT molecular complexity index is 781. The molecule has 0 aromatic heterocycles. The second kappa shape index (κ2) is 8.09. The minimum Gasteiger partial charge on any atom is -0.489 e. The molecule has 0 unspecified atom stereocenters. The summed E-state index contributed by atoms with van der Waals surface area (Å²) in [6.07, 6.45) is 0. The van der Waals surface area contributed by atoms with Gasteiger partial charge in [-0.1, -0.05) is 12.1 Å². The third kappa shape index (κ3) is 4.43. The SMILES string of the molecule is COC(=O)c1cc(N(C)CCOc2ccccc2F)ccc1[N+](=O)[O-]. The number of nitro benzene ring substituents is 1. The standard InChI is InChI=1S/C17H17FN2O5/c1-19(9-10-25-16-6-4-3-5-14(16)18)12-7-8-15(20(22)23)13(11-12)17(21)24-2/h3-8,11H,9-10H2,1-2H3. The molecule has 2 aromatic carbocycles. The maximum absolute atomic E-state index is 13.5. The number of rotatable bonds is 7. The number of hydrogen-bond donors (Lipinski definition) is 0. The molecule has 2 aromatic rings. The molecule has 25 heavy (non-hydrogen) atoms. The minimum absolute atomic E-state index is 0.133. The number of para-hydroxylation sites is 1. The summed E-state index contributed by atoms with van der Waals surface area (Å²) in [5.74, 6) is -1.09. The van der Waals surface area contributed by atoms with Gasteiger partial charge in [0.2, 0.25) is 0 Å². The molecule has 7 nitrogen and oxygen atoms in total. The van der Waals surface area contributed by atoms with E-state index in [1.165, 1.54) is 30.3 Å². The largest absolute Gasteiger partial charge is 0.489 e. The topological polar surface area (TPSA) is 81.9 Å². The summed E-state index contributed by atoms with van der Waals surface area (Å²) < 4.78 is 23.4. The van der Waals surface area contributed by atoms with Crippen LogP contribution in [0.4, 0.5) is 15.8 Å². The number of esters is 1. The Morgan fingerprint density at radius 3 is 2.64 bits per heavy atom. The van der Waals surface area contributed by atoms with Gasteiger partial charge >= 0.3 is 5.97 Å². The Kier molecular flexibility index (Phi) is 5.89. The van der Waals surface area contributed by atoms with Crippen molar-refractivity contribution in [2.75, 3.05) is 32.2 Å². The van der Waals surface area contributed by atoms with Crippen LogP contribution < -0.4 is 9.64 Å². The summed E-state index contributed by atoms with van der Waals surface area (Å²) in [6.45, 7) is 0.578. The zero-order valence-electron chi connectivity index (χ0n) is 13.8. The molecule has 0 N–H and O–H groups in total. The fourth-order valence-electron chi connectivity index (χ4n) is 2.18. The quantitative estimate of drug-likeness (QED) is 0.435. The van der Waals surface area contributed by atoms with Gasteiger partial charge in [-0.3, -0.25) is 10.1 Å². The Morgan fingerprint density at radius 2 is 2.00 bits per heavy atom. The van der Waals surface area contributed by atoms with Crippen LogP contribution in [0.15, 0.2) is 42.5 Å². The predicted octanol–water partition coefficient (Wildman–Crippen LogP) is 3.04. The van der Waals surface area contributed by atoms with Crippen molar-refractivity contribution in [1.29, 1.82) is 0 Å². The van der Waals surface area contributed by atoms with Gasteiger partial charge in [-0.25, -0.2) is 9.18 Å². The van der Waals surface area contributed by atoms with E-state index >= 15 is 0 Å². The Balaban J connectivity index is 2.08. The molecule has 0 radical (unpaired) electrons. The van der Waals surface area contributed by atoms with Crippen molar-refractivity contribution in [1.82, 2.24) is 0 Å². The van der Waals surface area contributed by atoms with Crippen molar-refractivity contribution in [3.05, 3.63) is 64.0 Å². The highest BCUT2D eigenvalue weighted by molar-refractivity contribution is 5.95. The number of nitrogens with zero attached hydrogens (tertiary/aromatic N) is 2. The lowest BCUT2D eigenvalue weighted by Crippen LogP contribution is -2.24. The number of methoxy groups -OCH3 is 1. The van der Waals surface area contributed by atoms with E-state index in [1.54, 1.807) is 24.1 Å². The zero-order chi connectivity index (χ0) is 18.4. The minimum atomic E-state index is -0.787. The normalized spacial score (nSPS) is 10.2. The van der Waals surface area contributed by atoms with Crippen LogP contribution in [-0.2, 0) is 4.74 Å². The number of benzene rings is 2. The number of nitro groups is 1. The molecule has 0 aliphatic heterocycles. The van der Waals surface area contributed by atoms with Crippen molar-refractivity contribution in [3.63, 3.8) is 0 Å². The van der Waals surface area contributed by atoms with E-state index in [1.807, 2.05) is 0 Å². The van der Waals surface area contributed by atoms with Gasteiger partial charge in [-0.2, -0.15) is 0 Å². The van der Waals surface area contributed by atoms with Gasteiger partial charge in [-0.15, -0.1) is 0 Å². The molecule has 0 aliphatic rings. The number of carbonyl (C=O) groups excluding carboxylic acids is 1. The summed E-state index contributed by atoms with van der Waals surface area (Å²) in [5, 5.41) is 11.0. The van der Waals surface area contributed by atoms with Crippen molar-refractivity contribution in [2.24, 2.45) is 0 Å². The maximum atomic E-state index is 13.5. The zero-order valence-corrected chi connectivity index (χ0v) is 13.8. The highest BCUT2D eigenvalue weighted by Gasteiger charge is 2.22. The summed E-state index contributed by atoms with van der Waals surface area (Å²) >= 11 is 0. The fourth-order valence-corrected chi connectivity index (χ4v) is 2.18. The number of hydrogen-bond acceptors (Lipinski definition) is 6. The first-order valence-electron chi connectivity index (χ1n) is 7.39. The highest BCUT2D eigenvalue weighted by Crippen LogP contribution is 2.25. The Labute approximate surface area is 143 Å². The van der Waals surface area contributed by atoms with E-state index in [9.17, 15) is 19.3 Å². The maximum Gasteiger partial charge on any atom is 0.344 e. The van der Waals surface area contributed by atoms with Crippen LogP contribution >= 0.6 is 0 Å². The monoisotopic (exact) mass is 348 g/mol. The molecular formula is C17H17FN2O5. The summed E-state index contributed by atoms with van der Waals surface area (Å²) in [4.78, 5) is 23.8. The van der Waals surface area contributed by atoms with E-state index in [0.717, 1.165) is 7.11 Å². The van der Waals surface area contributed by atoms with Crippen LogP contribution in [-0.4, -0.2) is 38.2 Å². The molecule has 8 heteroatoms. The molecule has 0 bridgehead atoms. The molecule has 0 saturated heterocycles. The summed E-state index contributed by atoms with van der Waals surface area (Å²) in [5.41, 5.74) is 0.113. The second-order valence-electron chi connectivity index (χ2n) is 5.15. The van der Waals surface area contributed by atoms with Crippen molar-refractivity contribution < 1.29 is 23.6 Å². The Hall–Kier alpha value is -3.16. The molecule has 0 amide bonds. The van der Waals surface area contributed by atoms with Crippen molar-refractivity contribution >= 4 is 17.3 Å². The summed E-state index contributed by atoms with van der Waals surface area (Å²) in [7, 11) is 2.89. The first kappa shape index (κ1) is 18.2. The number of ether oxygens (including phenoxy) is 2. The first-order valence-corrected chi connectivity index (χ1v) is 7.39. The van der Waals surface area contributed by atoms with Crippen LogP contribution in [0.25, 0.3) is 0 Å². The smallest absolute Gasteiger partial charge is 0.344 e. The van der Waals surface area contributed by atoms with Gasteiger partial charge < -0.3 is 14.4 Å². The van der Waals surface area contributed by atoms with Gasteiger partial charge in [0.05, 0.1) is 18.6 Å². The molecule has 132 valence electrons. The molecule has 0 saturated carbocycles. The van der Waals surface area contributed by atoms with Gasteiger partial charge in [0.15, 0.2) is 11.6 Å². The fraction of sp³-hybridized carbons (Fsp3) is 0.235. The van der Waals surface area contributed by atoms with Gasteiger partial charge in [0.25, 0.3) is 5.69 Å².